The molecule has 1 aromatic heterocycles. The monoisotopic (exact) mass is 333 g/mol. The summed E-state index contributed by atoms with van der Waals surface area (Å²) in [7, 11) is 0. The van der Waals surface area contributed by atoms with Crippen molar-refractivity contribution in [2.24, 2.45) is 0 Å². The SMILES string of the molecule is Cc1nc2cc(F)cc(F)c2c(N2CCNCC2)c1Cl.Cl. The van der Waals surface area contributed by atoms with Crippen molar-refractivity contribution in [3.8, 4) is 0 Å². The number of pyridine rings is 1. The van der Waals surface area contributed by atoms with Crippen molar-refractivity contribution in [1.82, 2.24) is 10.3 Å². The number of nitrogens with zero attached hydrogens (tertiary/aromatic N) is 2. The molecule has 0 bridgehead atoms. The van der Waals surface area contributed by atoms with E-state index in [1.807, 2.05) is 4.90 Å². The van der Waals surface area contributed by atoms with Crippen molar-refractivity contribution in [2.45, 2.75) is 6.92 Å². The summed E-state index contributed by atoms with van der Waals surface area (Å²) in [5.41, 5.74) is 1.50. The van der Waals surface area contributed by atoms with Gasteiger partial charge in [-0.05, 0) is 6.92 Å². The first-order chi connectivity index (χ1) is 9.58. The molecule has 0 aliphatic carbocycles. The van der Waals surface area contributed by atoms with Gasteiger partial charge in [0.05, 0.1) is 27.3 Å². The van der Waals surface area contributed by atoms with Crippen molar-refractivity contribution in [2.75, 3.05) is 31.1 Å². The number of piperazine rings is 1. The average Bonchev–Trinajstić information content (AvgIpc) is 2.42. The maximum Gasteiger partial charge on any atom is 0.137 e. The van der Waals surface area contributed by atoms with E-state index in [0.717, 1.165) is 32.2 Å². The second-order valence-electron chi connectivity index (χ2n) is 4.88. The number of rotatable bonds is 1. The van der Waals surface area contributed by atoms with E-state index in [4.69, 9.17) is 11.6 Å². The standard InChI is InChI=1S/C14H14ClF2N3.ClH/c1-8-13(15)14(20-4-2-18-3-5-20)12-10(17)6-9(16)7-11(12)19-8;/h6-7,18H,2-5H2,1H3;1H. The van der Waals surface area contributed by atoms with Crippen LogP contribution in [0.5, 0.6) is 0 Å². The van der Waals surface area contributed by atoms with E-state index >= 15 is 0 Å². The topological polar surface area (TPSA) is 28.2 Å². The van der Waals surface area contributed by atoms with Crippen molar-refractivity contribution < 1.29 is 8.78 Å². The Hall–Kier alpha value is -1.17. The number of fused-ring (bicyclic) bond motifs is 1. The molecule has 3 nitrogen and oxygen atoms in total. The van der Waals surface area contributed by atoms with Crippen LogP contribution in [0, 0.1) is 18.6 Å². The van der Waals surface area contributed by atoms with Gasteiger partial charge in [0, 0.05) is 38.3 Å². The molecule has 1 aliphatic rings. The van der Waals surface area contributed by atoms with Crippen LogP contribution in [0.15, 0.2) is 12.1 Å². The highest BCUT2D eigenvalue weighted by Crippen LogP contribution is 2.37. The summed E-state index contributed by atoms with van der Waals surface area (Å²) in [4.78, 5) is 6.22. The molecule has 2 heterocycles. The number of benzene rings is 1. The maximum absolute atomic E-state index is 14.2. The number of hydrogen-bond donors (Lipinski definition) is 1. The smallest absolute Gasteiger partial charge is 0.137 e. The molecule has 1 saturated heterocycles. The highest BCUT2D eigenvalue weighted by molar-refractivity contribution is 6.35. The summed E-state index contributed by atoms with van der Waals surface area (Å²) < 4.78 is 27.6. The van der Waals surface area contributed by atoms with E-state index < -0.39 is 11.6 Å². The first kappa shape index (κ1) is 16.2. The molecule has 0 unspecified atom stereocenters. The Bertz CT molecular complexity index is 673. The van der Waals surface area contributed by atoms with Crippen LogP contribution in [0.4, 0.5) is 14.5 Å². The molecule has 1 aliphatic heterocycles. The van der Waals surface area contributed by atoms with Gasteiger partial charge in [-0.15, -0.1) is 12.4 Å². The van der Waals surface area contributed by atoms with Crippen LogP contribution < -0.4 is 10.2 Å². The summed E-state index contributed by atoms with van der Waals surface area (Å²) in [5, 5.41) is 3.97. The van der Waals surface area contributed by atoms with Crippen LogP contribution in [0.1, 0.15) is 5.69 Å². The van der Waals surface area contributed by atoms with E-state index in [2.05, 4.69) is 10.3 Å². The van der Waals surface area contributed by atoms with Crippen LogP contribution >= 0.6 is 24.0 Å². The second-order valence-corrected chi connectivity index (χ2v) is 5.26. The Kier molecular flexibility index (Phi) is 4.86. The van der Waals surface area contributed by atoms with Crippen LogP contribution in [0.3, 0.4) is 0 Å². The lowest BCUT2D eigenvalue weighted by molar-refractivity contribution is 0.582. The number of anilines is 1. The second kappa shape index (κ2) is 6.30. The van der Waals surface area contributed by atoms with E-state index in [0.29, 0.717) is 27.3 Å². The van der Waals surface area contributed by atoms with E-state index in [1.54, 1.807) is 6.92 Å². The fraction of sp³-hybridized carbons (Fsp3) is 0.357. The van der Waals surface area contributed by atoms with Gasteiger partial charge in [0.1, 0.15) is 11.6 Å². The molecular formula is C14H15Cl2F2N3. The number of hydrogen-bond acceptors (Lipinski definition) is 3. The van der Waals surface area contributed by atoms with Gasteiger partial charge in [0.2, 0.25) is 0 Å². The van der Waals surface area contributed by atoms with Gasteiger partial charge in [0.15, 0.2) is 0 Å². The van der Waals surface area contributed by atoms with Crippen LogP contribution in [-0.2, 0) is 0 Å². The van der Waals surface area contributed by atoms with Gasteiger partial charge >= 0.3 is 0 Å². The molecule has 1 N–H and O–H groups in total. The molecule has 0 spiro atoms. The molecule has 21 heavy (non-hydrogen) atoms. The number of aryl methyl sites for hydroxylation is 1. The highest BCUT2D eigenvalue weighted by atomic mass is 35.5. The predicted molar refractivity (Wildman–Crippen MR) is 83.7 cm³/mol. The lowest BCUT2D eigenvalue weighted by Crippen LogP contribution is -2.43. The third kappa shape index (κ3) is 2.91. The zero-order valence-electron chi connectivity index (χ0n) is 11.4. The van der Waals surface area contributed by atoms with Gasteiger partial charge in [0.25, 0.3) is 0 Å². The van der Waals surface area contributed by atoms with Gasteiger partial charge in [-0.3, -0.25) is 4.98 Å². The summed E-state index contributed by atoms with van der Waals surface area (Å²) in [6.07, 6.45) is 0. The summed E-state index contributed by atoms with van der Waals surface area (Å²) in [6, 6.07) is 2.12. The normalized spacial score (nSPS) is 15.1. The fourth-order valence-corrected chi connectivity index (χ4v) is 2.84. The summed E-state index contributed by atoms with van der Waals surface area (Å²) in [6.45, 7) is 4.82. The number of halogens is 4. The van der Waals surface area contributed by atoms with Crippen molar-refractivity contribution >= 4 is 40.6 Å². The minimum absolute atomic E-state index is 0. The Labute approximate surface area is 132 Å². The van der Waals surface area contributed by atoms with Gasteiger partial charge in [-0.1, -0.05) is 11.6 Å². The summed E-state index contributed by atoms with van der Waals surface area (Å²) in [5.74, 6) is -1.25. The molecule has 3 rings (SSSR count). The van der Waals surface area contributed by atoms with Gasteiger partial charge in [-0.25, -0.2) is 8.78 Å². The van der Waals surface area contributed by atoms with Crippen molar-refractivity contribution in [3.05, 3.63) is 34.5 Å². The van der Waals surface area contributed by atoms with Crippen LogP contribution in [-0.4, -0.2) is 31.2 Å². The van der Waals surface area contributed by atoms with Gasteiger partial charge < -0.3 is 10.2 Å². The highest BCUT2D eigenvalue weighted by Gasteiger charge is 2.22. The average molecular weight is 334 g/mol. The van der Waals surface area contributed by atoms with Crippen molar-refractivity contribution in [3.63, 3.8) is 0 Å². The number of aromatic nitrogens is 1. The fourth-order valence-electron chi connectivity index (χ4n) is 2.58. The maximum atomic E-state index is 14.2. The lowest BCUT2D eigenvalue weighted by Gasteiger charge is -2.31. The first-order valence-corrected chi connectivity index (χ1v) is 6.86. The van der Waals surface area contributed by atoms with Crippen molar-refractivity contribution in [1.29, 1.82) is 0 Å². The molecule has 0 amide bonds. The number of nitrogens with one attached hydrogen (secondary N) is 1. The lowest BCUT2D eigenvalue weighted by atomic mass is 10.1. The Morgan fingerprint density at radius 2 is 1.90 bits per heavy atom. The minimum atomic E-state index is -0.629. The molecule has 1 fully saturated rings. The minimum Gasteiger partial charge on any atom is -0.367 e. The molecular weight excluding hydrogens is 319 g/mol. The zero-order chi connectivity index (χ0) is 14.3. The predicted octanol–water partition coefficient (Wildman–Crippen LogP) is 3.31. The molecule has 114 valence electrons. The largest absolute Gasteiger partial charge is 0.367 e. The quantitative estimate of drug-likeness (QED) is 0.867. The Balaban J connectivity index is 0.00000161. The van der Waals surface area contributed by atoms with Crippen LogP contribution in [0.25, 0.3) is 10.9 Å². The first-order valence-electron chi connectivity index (χ1n) is 6.48. The Morgan fingerprint density at radius 1 is 1.24 bits per heavy atom. The van der Waals surface area contributed by atoms with Crippen LogP contribution in [0.2, 0.25) is 5.02 Å². The van der Waals surface area contributed by atoms with Gasteiger partial charge in [-0.2, -0.15) is 0 Å². The molecule has 1 aromatic carbocycles. The molecule has 2 aromatic rings. The van der Waals surface area contributed by atoms with E-state index in [-0.39, 0.29) is 12.4 Å². The Morgan fingerprint density at radius 3 is 2.57 bits per heavy atom. The molecule has 0 saturated carbocycles. The summed E-state index contributed by atoms with van der Waals surface area (Å²) >= 11 is 6.33. The third-order valence-electron chi connectivity index (χ3n) is 3.52. The molecule has 7 heteroatoms. The van der Waals surface area contributed by atoms with E-state index in [9.17, 15) is 8.78 Å². The zero-order valence-corrected chi connectivity index (χ0v) is 13.0. The molecule has 0 atom stereocenters. The third-order valence-corrected chi connectivity index (χ3v) is 3.97. The molecule has 0 radical (unpaired) electrons. The van der Waals surface area contributed by atoms with E-state index in [1.165, 1.54) is 6.07 Å².